The summed E-state index contributed by atoms with van der Waals surface area (Å²) in [6.07, 6.45) is 3.11. The Hall–Kier alpha value is -0.730. The standard InChI is InChI=1S/C12H25NO2/c1-6-8-10(7-2)9-13-11(14)15-12(3,4)5/h10H,6-9H2,1-5H3,(H,13,14)/t10-/m1/s1. The van der Waals surface area contributed by atoms with Crippen molar-refractivity contribution in [2.75, 3.05) is 6.54 Å². The number of carbonyl (C=O) groups excluding carboxylic acids is 1. The maximum atomic E-state index is 11.3. The summed E-state index contributed by atoms with van der Waals surface area (Å²) in [5.41, 5.74) is -0.406. The molecule has 0 aliphatic heterocycles. The van der Waals surface area contributed by atoms with Crippen molar-refractivity contribution in [2.24, 2.45) is 5.92 Å². The summed E-state index contributed by atoms with van der Waals surface area (Å²) in [4.78, 5) is 11.3. The molecule has 0 saturated carbocycles. The Labute approximate surface area is 93.6 Å². The molecule has 0 rings (SSSR count). The summed E-state index contributed by atoms with van der Waals surface area (Å²) in [6.45, 7) is 10.6. The van der Waals surface area contributed by atoms with Gasteiger partial charge in [0.05, 0.1) is 0 Å². The first-order valence-electron chi connectivity index (χ1n) is 5.85. The van der Waals surface area contributed by atoms with E-state index in [0.717, 1.165) is 25.8 Å². The van der Waals surface area contributed by atoms with Crippen LogP contribution in [0, 0.1) is 5.92 Å². The fraction of sp³-hybridized carbons (Fsp3) is 0.917. The number of amides is 1. The van der Waals surface area contributed by atoms with Crippen LogP contribution < -0.4 is 5.32 Å². The lowest BCUT2D eigenvalue weighted by Gasteiger charge is -2.21. The van der Waals surface area contributed by atoms with E-state index in [0.29, 0.717) is 5.92 Å². The van der Waals surface area contributed by atoms with Gasteiger partial charge in [0.2, 0.25) is 0 Å². The molecule has 3 heteroatoms. The van der Waals surface area contributed by atoms with Gasteiger partial charge in [-0.3, -0.25) is 0 Å². The molecule has 3 nitrogen and oxygen atoms in total. The third kappa shape index (κ3) is 8.28. The largest absolute Gasteiger partial charge is 0.444 e. The fourth-order valence-electron chi connectivity index (χ4n) is 1.40. The van der Waals surface area contributed by atoms with E-state index in [1.54, 1.807) is 0 Å². The molecule has 0 aromatic rings. The van der Waals surface area contributed by atoms with Crippen LogP contribution >= 0.6 is 0 Å². The van der Waals surface area contributed by atoms with E-state index < -0.39 is 5.60 Å². The molecular formula is C12H25NO2. The summed E-state index contributed by atoms with van der Waals surface area (Å²) in [5, 5.41) is 2.81. The number of rotatable bonds is 5. The Morgan fingerprint density at radius 3 is 2.33 bits per heavy atom. The zero-order chi connectivity index (χ0) is 11.9. The van der Waals surface area contributed by atoms with Gasteiger partial charge in [0.25, 0.3) is 0 Å². The molecule has 0 aromatic carbocycles. The summed E-state index contributed by atoms with van der Waals surface area (Å²) < 4.78 is 5.16. The predicted octanol–water partition coefficient (Wildman–Crippen LogP) is 3.34. The third-order valence-corrected chi connectivity index (χ3v) is 2.21. The molecule has 90 valence electrons. The highest BCUT2D eigenvalue weighted by Gasteiger charge is 2.16. The Morgan fingerprint density at radius 2 is 1.93 bits per heavy atom. The number of carbonyl (C=O) groups is 1. The molecule has 1 N–H and O–H groups in total. The topological polar surface area (TPSA) is 38.3 Å². The lowest BCUT2D eigenvalue weighted by Crippen LogP contribution is -2.35. The summed E-state index contributed by atoms with van der Waals surface area (Å²) in [6, 6.07) is 0. The SMILES string of the molecule is CCC[C@@H](CC)CNC(=O)OC(C)(C)C. The van der Waals surface area contributed by atoms with Gasteiger partial charge in [0, 0.05) is 6.54 Å². The van der Waals surface area contributed by atoms with Crippen molar-refractivity contribution >= 4 is 6.09 Å². The molecule has 0 saturated heterocycles. The van der Waals surface area contributed by atoms with Crippen LogP contribution in [0.1, 0.15) is 53.9 Å². The van der Waals surface area contributed by atoms with Crippen molar-refractivity contribution in [1.82, 2.24) is 5.32 Å². The molecule has 0 bridgehead atoms. The normalized spacial score (nSPS) is 13.4. The van der Waals surface area contributed by atoms with E-state index in [4.69, 9.17) is 4.74 Å². The number of hydrogen-bond donors (Lipinski definition) is 1. The monoisotopic (exact) mass is 215 g/mol. The number of alkyl carbamates (subject to hydrolysis) is 1. The molecule has 0 radical (unpaired) electrons. The summed E-state index contributed by atoms with van der Waals surface area (Å²) in [5.74, 6) is 0.572. The highest BCUT2D eigenvalue weighted by molar-refractivity contribution is 5.67. The van der Waals surface area contributed by atoms with Crippen molar-refractivity contribution < 1.29 is 9.53 Å². The van der Waals surface area contributed by atoms with Crippen molar-refractivity contribution in [3.05, 3.63) is 0 Å². The zero-order valence-corrected chi connectivity index (χ0v) is 10.7. The average molecular weight is 215 g/mol. The molecule has 0 aromatic heterocycles. The summed E-state index contributed by atoms with van der Waals surface area (Å²) >= 11 is 0. The molecule has 0 heterocycles. The summed E-state index contributed by atoms with van der Waals surface area (Å²) in [7, 11) is 0. The molecular weight excluding hydrogens is 190 g/mol. The molecule has 15 heavy (non-hydrogen) atoms. The number of ether oxygens (including phenoxy) is 1. The second-order valence-corrected chi connectivity index (χ2v) is 4.95. The van der Waals surface area contributed by atoms with E-state index in [9.17, 15) is 4.79 Å². The van der Waals surface area contributed by atoms with Crippen LogP contribution in [0.5, 0.6) is 0 Å². The van der Waals surface area contributed by atoms with Crippen LogP contribution in [0.2, 0.25) is 0 Å². The van der Waals surface area contributed by atoms with E-state index in [-0.39, 0.29) is 6.09 Å². The maximum Gasteiger partial charge on any atom is 0.407 e. The molecule has 1 amide bonds. The molecule has 0 aliphatic rings. The van der Waals surface area contributed by atoms with E-state index in [1.165, 1.54) is 0 Å². The van der Waals surface area contributed by atoms with E-state index in [2.05, 4.69) is 19.2 Å². The van der Waals surface area contributed by atoms with Crippen LogP contribution in [-0.4, -0.2) is 18.2 Å². The van der Waals surface area contributed by atoms with Crippen molar-refractivity contribution in [1.29, 1.82) is 0 Å². The van der Waals surface area contributed by atoms with Gasteiger partial charge in [-0.15, -0.1) is 0 Å². The Bertz CT molecular complexity index is 185. The fourth-order valence-corrected chi connectivity index (χ4v) is 1.40. The minimum atomic E-state index is -0.406. The Kier molecular flexibility index (Phi) is 6.37. The first-order chi connectivity index (χ1) is 6.89. The van der Waals surface area contributed by atoms with Crippen molar-refractivity contribution in [3.8, 4) is 0 Å². The van der Waals surface area contributed by atoms with Gasteiger partial charge in [-0.25, -0.2) is 4.79 Å². The highest BCUT2D eigenvalue weighted by Crippen LogP contribution is 2.10. The second kappa shape index (κ2) is 6.70. The number of nitrogens with one attached hydrogen (secondary N) is 1. The van der Waals surface area contributed by atoms with Crippen LogP contribution in [0.3, 0.4) is 0 Å². The van der Waals surface area contributed by atoms with Crippen LogP contribution in [-0.2, 0) is 4.74 Å². The minimum Gasteiger partial charge on any atom is -0.444 e. The van der Waals surface area contributed by atoms with Gasteiger partial charge in [-0.1, -0.05) is 26.7 Å². The second-order valence-electron chi connectivity index (χ2n) is 4.95. The van der Waals surface area contributed by atoms with Gasteiger partial charge in [-0.05, 0) is 33.1 Å². The smallest absolute Gasteiger partial charge is 0.407 e. The van der Waals surface area contributed by atoms with Gasteiger partial charge in [0.15, 0.2) is 0 Å². The van der Waals surface area contributed by atoms with Crippen LogP contribution in [0.15, 0.2) is 0 Å². The van der Waals surface area contributed by atoms with Crippen LogP contribution in [0.25, 0.3) is 0 Å². The molecule has 1 atom stereocenters. The number of hydrogen-bond acceptors (Lipinski definition) is 2. The van der Waals surface area contributed by atoms with E-state index >= 15 is 0 Å². The maximum absolute atomic E-state index is 11.3. The van der Waals surface area contributed by atoms with Gasteiger partial charge < -0.3 is 10.1 Å². The molecule has 0 spiro atoms. The van der Waals surface area contributed by atoms with E-state index in [1.807, 2.05) is 20.8 Å². The Morgan fingerprint density at radius 1 is 1.33 bits per heavy atom. The Balaban J connectivity index is 3.78. The van der Waals surface area contributed by atoms with Gasteiger partial charge >= 0.3 is 6.09 Å². The van der Waals surface area contributed by atoms with Crippen LogP contribution in [0.4, 0.5) is 4.79 Å². The minimum absolute atomic E-state index is 0.308. The van der Waals surface area contributed by atoms with Crippen molar-refractivity contribution in [2.45, 2.75) is 59.5 Å². The van der Waals surface area contributed by atoms with Crippen molar-refractivity contribution in [3.63, 3.8) is 0 Å². The third-order valence-electron chi connectivity index (χ3n) is 2.21. The predicted molar refractivity (Wildman–Crippen MR) is 62.9 cm³/mol. The van der Waals surface area contributed by atoms with Gasteiger partial charge in [-0.2, -0.15) is 0 Å². The molecule has 0 fully saturated rings. The quantitative estimate of drug-likeness (QED) is 0.764. The lowest BCUT2D eigenvalue weighted by molar-refractivity contribution is 0.0518. The highest BCUT2D eigenvalue weighted by atomic mass is 16.6. The van der Waals surface area contributed by atoms with Gasteiger partial charge in [0.1, 0.15) is 5.60 Å². The first-order valence-corrected chi connectivity index (χ1v) is 5.85. The zero-order valence-electron chi connectivity index (χ0n) is 10.7. The first kappa shape index (κ1) is 14.3. The molecule has 0 unspecified atom stereocenters. The molecule has 0 aliphatic carbocycles. The average Bonchev–Trinajstić information content (AvgIpc) is 2.09. The lowest BCUT2D eigenvalue weighted by atomic mass is 10.0.